The van der Waals surface area contributed by atoms with E-state index in [-0.39, 0.29) is 18.7 Å². The van der Waals surface area contributed by atoms with Gasteiger partial charge in [0, 0.05) is 19.4 Å². The number of nitrogens with zero attached hydrogens (tertiary/aromatic N) is 1. The second kappa shape index (κ2) is 6.73. The number of carboxylic acids is 1. The molecule has 0 spiro atoms. The summed E-state index contributed by atoms with van der Waals surface area (Å²) in [6.45, 7) is 2.92. The Labute approximate surface area is 100 Å². The molecule has 5 heteroatoms. The van der Waals surface area contributed by atoms with Gasteiger partial charge in [-0.25, -0.2) is 0 Å². The molecule has 0 aliphatic carbocycles. The monoisotopic (exact) mass is 239 g/mol. The average molecular weight is 239 g/mol. The molecule has 0 saturated carbocycles. The Bertz CT molecular complexity index is 359. The summed E-state index contributed by atoms with van der Waals surface area (Å²) in [6, 6.07) is 3.59. The summed E-state index contributed by atoms with van der Waals surface area (Å²) in [7, 11) is 0. The first-order valence-corrected chi connectivity index (χ1v) is 5.65. The third kappa shape index (κ3) is 4.72. The predicted molar refractivity (Wildman–Crippen MR) is 61.3 cm³/mol. The minimum absolute atomic E-state index is 0.0318. The summed E-state index contributed by atoms with van der Waals surface area (Å²) in [5.74, 6) is -0.171. The van der Waals surface area contributed by atoms with Crippen LogP contribution >= 0.6 is 0 Å². The van der Waals surface area contributed by atoms with Gasteiger partial charge in [-0.15, -0.1) is 0 Å². The fraction of sp³-hybridized carbons (Fsp3) is 0.500. The molecule has 5 nitrogen and oxygen atoms in total. The van der Waals surface area contributed by atoms with E-state index in [1.807, 2.05) is 13.0 Å². The second-order valence-corrected chi connectivity index (χ2v) is 3.73. The van der Waals surface area contributed by atoms with E-state index in [2.05, 4.69) is 0 Å². The molecule has 1 aromatic rings. The lowest BCUT2D eigenvalue weighted by molar-refractivity contribution is -0.137. The van der Waals surface area contributed by atoms with Crippen LogP contribution in [-0.2, 0) is 16.1 Å². The van der Waals surface area contributed by atoms with Gasteiger partial charge >= 0.3 is 5.97 Å². The van der Waals surface area contributed by atoms with Gasteiger partial charge in [-0.1, -0.05) is 0 Å². The maximum Gasteiger partial charge on any atom is 0.303 e. The van der Waals surface area contributed by atoms with Crippen molar-refractivity contribution in [3.05, 3.63) is 24.2 Å². The molecule has 1 rings (SSSR count). The number of carbonyl (C=O) groups is 2. The van der Waals surface area contributed by atoms with Crippen molar-refractivity contribution in [3.63, 3.8) is 0 Å². The summed E-state index contributed by atoms with van der Waals surface area (Å²) in [6.07, 6.45) is 2.24. The highest BCUT2D eigenvalue weighted by Gasteiger charge is 2.13. The summed E-state index contributed by atoms with van der Waals surface area (Å²) >= 11 is 0. The lowest BCUT2D eigenvalue weighted by Gasteiger charge is -2.19. The van der Waals surface area contributed by atoms with Crippen molar-refractivity contribution in [2.75, 3.05) is 6.54 Å². The Morgan fingerprint density at radius 2 is 2.18 bits per heavy atom. The number of furan rings is 1. The number of hydrogen-bond donors (Lipinski definition) is 1. The Kier molecular flexibility index (Phi) is 5.26. The average Bonchev–Trinajstić information content (AvgIpc) is 2.77. The summed E-state index contributed by atoms with van der Waals surface area (Å²) in [5, 5.41) is 8.49. The van der Waals surface area contributed by atoms with Crippen LogP contribution < -0.4 is 0 Å². The highest BCUT2D eigenvalue weighted by molar-refractivity contribution is 5.76. The number of amides is 1. The van der Waals surface area contributed by atoms with Gasteiger partial charge in [0.2, 0.25) is 5.91 Å². The second-order valence-electron chi connectivity index (χ2n) is 3.73. The van der Waals surface area contributed by atoms with Crippen molar-refractivity contribution in [1.82, 2.24) is 4.90 Å². The SMILES string of the molecule is CCN(Cc1ccco1)C(=O)CCCC(=O)O. The molecule has 17 heavy (non-hydrogen) atoms. The predicted octanol–water partition coefficient (Wildman–Crippen LogP) is 1.88. The van der Waals surface area contributed by atoms with Crippen LogP contribution in [0.1, 0.15) is 31.9 Å². The highest BCUT2D eigenvalue weighted by atomic mass is 16.4. The van der Waals surface area contributed by atoms with E-state index in [4.69, 9.17) is 9.52 Å². The Morgan fingerprint density at radius 1 is 1.41 bits per heavy atom. The summed E-state index contributed by atoms with van der Waals surface area (Å²) in [4.78, 5) is 23.8. The Balaban J connectivity index is 2.38. The molecule has 1 N–H and O–H groups in total. The van der Waals surface area contributed by atoms with Gasteiger partial charge in [-0.2, -0.15) is 0 Å². The molecular weight excluding hydrogens is 222 g/mol. The minimum atomic E-state index is -0.869. The summed E-state index contributed by atoms with van der Waals surface area (Å²) < 4.78 is 5.17. The van der Waals surface area contributed by atoms with Gasteiger partial charge in [0.25, 0.3) is 0 Å². The molecule has 0 saturated heterocycles. The Hall–Kier alpha value is -1.78. The van der Waals surface area contributed by atoms with E-state index < -0.39 is 5.97 Å². The van der Waals surface area contributed by atoms with Crippen molar-refractivity contribution in [2.24, 2.45) is 0 Å². The van der Waals surface area contributed by atoms with Crippen LogP contribution in [0.2, 0.25) is 0 Å². The van der Waals surface area contributed by atoms with Crippen LogP contribution in [0.5, 0.6) is 0 Å². The van der Waals surface area contributed by atoms with Crippen LogP contribution in [-0.4, -0.2) is 28.4 Å². The van der Waals surface area contributed by atoms with Crippen molar-refractivity contribution < 1.29 is 19.1 Å². The van der Waals surface area contributed by atoms with Gasteiger partial charge in [-0.3, -0.25) is 9.59 Å². The first-order valence-electron chi connectivity index (χ1n) is 5.65. The van der Waals surface area contributed by atoms with Crippen molar-refractivity contribution in [1.29, 1.82) is 0 Å². The molecule has 0 unspecified atom stereocenters. The number of aliphatic carboxylic acids is 1. The normalized spacial score (nSPS) is 10.2. The zero-order valence-electron chi connectivity index (χ0n) is 9.89. The van der Waals surface area contributed by atoms with Crippen LogP contribution in [0.15, 0.2) is 22.8 Å². The first kappa shape index (κ1) is 13.3. The zero-order valence-corrected chi connectivity index (χ0v) is 9.89. The van der Waals surface area contributed by atoms with Crippen LogP contribution in [0.25, 0.3) is 0 Å². The van der Waals surface area contributed by atoms with Gasteiger partial charge < -0.3 is 14.4 Å². The topological polar surface area (TPSA) is 70.8 Å². The largest absolute Gasteiger partial charge is 0.481 e. The highest BCUT2D eigenvalue weighted by Crippen LogP contribution is 2.08. The first-order chi connectivity index (χ1) is 8.13. The van der Waals surface area contributed by atoms with E-state index in [1.54, 1.807) is 17.2 Å². The number of carbonyl (C=O) groups excluding carboxylic acids is 1. The number of carboxylic acid groups (broad SMARTS) is 1. The van der Waals surface area contributed by atoms with Crippen molar-refractivity contribution in [3.8, 4) is 0 Å². The van der Waals surface area contributed by atoms with Gasteiger partial charge in [-0.05, 0) is 25.5 Å². The van der Waals surface area contributed by atoms with Gasteiger partial charge in [0.15, 0.2) is 0 Å². The molecule has 94 valence electrons. The molecule has 0 bridgehead atoms. The molecule has 1 amide bonds. The Morgan fingerprint density at radius 3 is 2.71 bits per heavy atom. The van der Waals surface area contributed by atoms with Gasteiger partial charge in [0.05, 0.1) is 12.8 Å². The molecule has 1 aromatic heterocycles. The quantitative estimate of drug-likeness (QED) is 0.788. The molecule has 0 aliphatic rings. The fourth-order valence-electron chi connectivity index (χ4n) is 1.52. The smallest absolute Gasteiger partial charge is 0.303 e. The van der Waals surface area contributed by atoms with E-state index in [9.17, 15) is 9.59 Å². The van der Waals surface area contributed by atoms with E-state index in [0.29, 0.717) is 19.5 Å². The lowest BCUT2D eigenvalue weighted by Crippen LogP contribution is -2.30. The molecule has 0 atom stereocenters. The summed E-state index contributed by atoms with van der Waals surface area (Å²) in [5.41, 5.74) is 0. The van der Waals surface area contributed by atoms with Crippen LogP contribution in [0.3, 0.4) is 0 Å². The van der Waals surface area contributed by atoms with Gasteiger partial charge in [0.1, 0.15) is 5.76 Å². The van der Waals surface area contributed by atoms with E-state index in [1.165, 1.54) is 0 Å². The molecule has 0 fully saturated rings. The number of hydrogen-bond acceptors (Lipinski definition) is 3. The fourth-order valence-corrected chi connectivity index (χ4v) is 1.52. The van der Waals surface area contributed by atoms with Crippen molar-refractivity contribution >= 4 is 11.9 Å². The maximum atomic E-state index is 11.8. The maximum absolute atomic E-state index is 11.8. The molecule has 0 aromatic carbocycles. The van der Waals surface area contributed by atoms with E-state index >= 15 is 0 Å². The zero-order chi connectivity index (χ0) is 12.7. The van der Waals surface area contributed by atoms with E-state index in [0.717, 1.165) is 5.76 Å². The molecule has 0 radical (unpaired) electrons. The molecule has 0 aliphatic heterocycles. The number of rotatable bonds is 7. The molecule has 1 heterocycles. The third-order valence-electron chi connectivity index (χ3n) is 2.44. The minimum Gasteiger partial charge on any atom is -0.481 e. The van der Waals surface area contributed by atoms with Crippen LogP contribution in [0, 0.1) is 0 Å². The molecular formula is C12H17NO4. The van der Waals surface area contributed by atoms with Crippen molar-refractivity contribution in [2.45, 2.75) is 32.7 Å². The standard InChI is InChI=1S/C12H17NO4/c1-2-13(9-10-5-4-8-17-10)11(14)6-3-7-12(15)16/h4-5,8H,2-3,6-7,9H2,1H3,(H,15,16). The lowest BCUT2D eigenvalue weighted by atomic mass is 10.2. The van der Waals surface area contributed by atoms with Crippen LogP contribution in [0.4, 0.5) is 0 Å². The third-order valence-corrected chi connectivity index (χ3v) is 2.44.